The molecule has 1 heterocycles. The van der Waals surface area contributed by atoms with E-state index in [1.54, 1.807) is 0 Å². The second kappa shape index (κ2) is 5.39. The van der Waals surface area contributed by atoms with Crippen LogP contribution in [0.15, 0.2) is 12.1 Å². The van der Waals surface area contributed by atoms with E-state index in [1.165, 1.54) is 11.1 Å². The van der Waals surface area contributed by atoms with Crippen molar-refractivity contribution in [3.63, 3.8) is 0 Å². The lowest BCUT2D eigenvalue weighted by Crippen LogP contribution is -2.36. The molecule has 0 saturated carbocycles. The maximum Gasteiger partial charge on any atom is 0.161 e. The molecule has 0 atom stereocenters. The second-order valence-electron chi connectivity index (χ2n) is 5.91. The van der Waals surface area contributed by atoms with Crippen molar-refractivity contribution < 1.29 is 14.6 Å². The van der Waals surface area contributed by atoms with Gasteiger partial charge in [-0.25, -0.2) is 0 Å². The van der Waals surface area contributed by atoms with E-state index in [1.807, 2.05) is 33.0 Å². The zero-order chi connectivity index (χ0) is 14.0. The van der Waals surface area contributed by atoms with Gasteiger partial charge in [0.2, 0.25) is 0 Å². The number of hydrogen-bond donors (Lipinski definition) is 1. The Balaban J connectivity index is 2.12. The minimum absolute atomic E-state index is 0.606. The molecule has 0 unspecified atom stereocenters. The first-order valence-electron chi connectivity index (χ1n) is 6.65. The Morgan fingerprint density at radius 2 is 1.79 bits per heavy atom. The first-order chi connectivity index (χ1) is 8.85. The number of fused-ring (bicyclic) bond motifs is 1. The lowest BCUT2D eigenvalue weighted by atomic mass is 10.1. The monoisotopic (exact) mass is 265 g/mol. The van der Waals surface area contributed by atoms with Crippen LogP contribution in [-0.4, -0.2) is 42.4 Å². The highest BCUT2D eigenvalue weighted by atomic mass is 16.6. The van der Waals surface area contributed by atoms with Crippen LogP contribution in [0, 0.1) is 6.92 Å². The van der Waals surface area contributed by atoms with Crippen LogP contribution in [0.1, 0.15) is 25.0 Å². The number of ether oxygens (including phenoxy) is 2. The Labute approximate surface area is 114 Å². The number of hydrogen-bond acceptors (Lipinski definition) is 4. The van der Waals surface area contributed by atoms with Gasteiger partial charge in [0, 0.05) is 13.1 Å². The highest BCUT2D eigenvalue weighted by molar-refractivity contribution is 5.47. The van der Waals surface area contributed by atoms with Crippen LogP contribution < -0.4 is 9.47 Å². The molecule has 0 aromatic heterocycles. The van der Waals surface area contributed by atoms with Crippen LogP contribution in [-0.2, 0) is 6.54 Å². The predicted molar refractivity (Wildman–Crippen MR) is 74.8 cm³/mol. The minimum Gasteiger partial charge on any atom is -0.486 e. The molecule has 1 aliphatic rings. The molecule has 1 N–H and O–H groups in total. The predicted octanol–water partition coefficient (Wildman–Crippen LogP) is 1.97. The molecule has 19 heavy (non-hydrogen) atoms. The fraction of sp³-hybridized carbons (Fsp3) is 0.600. The first kappa shape index (κ1) is 14.2. The largest absolute Gasteiger partial charge is 0.486 e. The molecule has 106 valence electrons. The number of rotatable bonds is 4. The lowest BCUT2D eigenvalue weighted by molar-refractivity contribution is 0.0424. The van der Waals surface area contributed by atoms with E-state index in [9.17, 15) is 5.11 Å². The van der Waals surface area contributed by atoms with Gasteiger partial charge < -0.3 is 14.6 Å². The Kier molecular flexibility index (Phi) is 4.02. The summed E-state index contributed by atoms with van der Waals surface area (Å²) in [5.74, 6) is 1.65. The van der Waals surface area contributed by atoms with E-state index in [0.29, 0.717) is 19.8 Å². The summed E-state index contributed by atoms with van der Waals surface area (Å²) >= 11 is 0. The summed E-state index contributed by atoms with van der Waals surface area (Å²) in [6.45, 7) is 8.35. The average molecular weight is 265 g/mol. The molecule has 1 aliphatic heterocycles. The highest BCUT2D eigenvalue weighted by Gasteiger charge is 2.18. The fourth-order valence-corrected chi connectivity index (χ4v) is 2.41. The van der Waals surface area contributed by atoms with Crippen molar-refractivity contribution in [1.29, 1.82) is 0 Å². The van der Waals surface area contributed by atoms with Crippen molar-refractivity contribution in [2.75, 3.05) is 26.8 Å². The molecule has 0 radical (unpaired) electrons. The van der Waals surface area contributed by atoms with Gasteiger partial charge in [-0.15, -0.1) is 0 Å². The smallest absolute Gasteiger partial charge is 0.161 e. The van der Waals surface area contributed by atoms with E-state index in [0.717, 1.165) is 18.0 Å². The van der Waals surface area contributed by atoms with Crippen LogP contribution in [0.5, 0.6) is 11.5 Å². The summed E-state index contributed by atoms with van der Waals surface area (Å²) < 4.78 is 11.2. The Bertz CT molecular complexity index is 451. The molecule has 0 fully saturated rings. The van der Waals surface area contributed by atoms with Gasteiger partial charge in [0.05, 0.1) is 5.60 Å². The molecule has 0 spiro atoms. The second-order valence-corrected chi connectivity index (χ2v) is 5.91. The van der Waals surface area contributed by atoms with Crippen molar-refractivity contribution in [3.8, 4) is 11.5 Å². The fourth-order valence-electron chi connectivity index (χ4n) is 2.41. The summed E-state index contributed by atoms with van der Waals surface area (Å²) in [6, 6.07) is 4.08. The summed E-state index contributed by atoms with van der Waals surface area (Å²) in [5.41, 5.74) is 1.71. The molecule has 1 aromatic carbocycles. The third-order valence-electron chi connectivity index (χ3n) is 3.10. The highest BCUT2D eigenvalue weighted by Crippen LogP contribution is 2.33. The Morgan fingerprint density at radius 1 is 1.21 bits per heavy atom. The lowest BCUT2D eigenvalue weighted by Gasteiger charge is -2.27. The third kappa shape index (κ3) is 3.85. The standard InChI is InChI=1S/C15H23NO3/c1-11-7-13-14(19-6-5-18-13)8-12(11)9-16(4)10-15(2,3)17/h7-8,17H,5-6,9-10H2,1-4H3. The Hall–Kier alpha value is -1.26. The van der Waals surface area contributed by atoms with Gasteiger partial charge in [-0.05, 0) is 51.1 Å². The minimum atomic E-state index is -0.684. The van der Waals surface area contributed by atoms with Crippen molar-refractivity contribution in [3.05, 3.63) is 23.3 Å². The van der Waals surface area contributed by atoms with Gasteiger partial charge in [-0.2, -0.15) is 0 Å². The SMILES string of the molecule is Cc1cc2c(cc1CN(C)CC(C)(C)O)OCCO2. The van der Waals surface area contributed by atoms with E-state index in [2.05, 4.69) is 11.8 Å². The summed E-state index contributed by atoms with van der Waals surface area (Å²) in [4.78, 5) is 2.11. The summed E-state index contributed by atoms with van der Waals surface area (Å²) in [6.07, 6.45) is 0. The molecule has 4 nitrogen and oxygen atoms in total. The summed E-state index contributed by atoms with van der Waals surface area (Å²) in [5, 5.41) is 9.84. The maximum absolute atomic E-state index is 9.84. The number of aryl methyl sites for hydroxylation is 1. The summed E-state index contributed by atoms with van der Waals surface area (Å²) in [7, 11) is 2.01. The quantitative estimate of drug-likeness (QED) is 0.904. The van der Waals surface area contributed by atoms with Crippen LogP contribution in [0.3, 0.4) is 0 Å². The van der Waals surface area contributed by atoms with E-state index >= 15 is 0 Å². The van der Waals surface area contributed by atoms with Crippen molar-refractivity contribution in [1.82, 2.24) is 4.90 Å². The number of benzene rings is 1. The number of nitrogens with zero attached hydrogens (tertiary/aromatic N) is 1. The van der Waals surface area contributed by atoms with Gasteiger partial charge in [0.1, 0.15) is 13.2 Å². The topological polar surface area (TPSA) is 41.9 Å². The number of aliphatic hydroxyl groups is 1. The molecule has 0 bridgehead atoms. The van der Waals surface area contributed by atoms with Crippen LogP contribution in [0.25, 0.3) is 0 Å². The van der Waals surface area contributed by atoms with Gasteiger partial charge in [0.15, 0.2) is 11.5 Å². The van der Waals surface area contributed by atoms with Crippen molar-refractivity contribution in [2.24, 2.45) is 0 Å². The normalized spacial score (nSPS) is 14.8. The maximum atomic E-state index is 9.84. The molecule has 1 aromatic rings. The van der Waals surface area contributed by atoms with Gasteiger partial charge in [-0.1, -0.05) is 0 Å². The molecule has 0 amide bonds. The molecular weight excluding hydrogens is 242 g/mol. The van der Waals surface area contributed by atoms with Crippen LogP contribution in [0.2, 0.25) is 0 Å². The molecule has 4 heteroatoms. The van der Waals surface area contributed by atoms with Gasteiger partial charge in [-0.3, -0.25) is 4.90 Å². The van der Waals surface area contributed by atoms with E-state index in [4.69, 9.17) is 9.47 Å². The third-order valence-corrected chi connectivity index (χ3v) is 3.10. The Morgan fingerprint density at radius 3 is 2.37 bits per heavy atom. The van der Waals surface area contributed by atoms with E-state index < -0.39 is 5.60 Å². The van der Waals surface area contributed by atoms with Crippen molar-refractivity contribution >= 4 is 0 Å². The number of likely N-dealkylation sites (N-methyl/N-ethyl adjacent to an activating group) is 1. The first-order valence-corrected chi connectivity index (χ1v) is 6.65. The molecule has 0 aliphatic carbocycles. The van der Waals surface area contributed by atoms with Crippen LogP contribution in [0.4, 0.5) is 0 Å². The molecule has 0 saturated heterocycles. The van der Waals surface area contributed by atoms with Crippen LogP contribution >= 0.6 is 0 Å². The van der Waals surface area contributed by atoms with Gasteiger partial charge in [0.25, 0.3) is 0 Å². The van der Waals surface area contributed by atoms with E-state index in [-0.39, 0.29) is 0 Å². The zero-order valence-electron chi connectivity index (χ0n) is 12.2. The molecule has 2 rings (SSSR count). The van der Waals surface area contributed by atoms with Crippen molar-refractivity contribution in [2.45, 2.75) is 32.9 Å². The zero-order valence-corrected chi connectivity index (χ0v) is 12.2. The molecular formula is C15H23NO3. The average Bonchev–Trinajstić information content (AvgIpc) is 2.27. The van der Waals surface area contributed by atoms with Gasteiger partial charge >= 0.3 is 0 Å².